The highest BCUT2D eigenvalue weighted by atomic mass is 16.6. The number of nitrogens with zero attached hydrogens (tertiary/aromatic N) is 4. The van der Waals surface area contributed by atoms with Crippen LogP contribution >= 0.6 is 0 Å². The van der Waals surface area contributed by atoms with Crippen LogP contribution in [0.2, 0.25) is 0 Å². The standard InChI is InChI=1S/C31H14N4O10/c36-27-19-5-1-3-17-23(34(42)43)9-7-21(25(17)19)29(38)32(27)15-11-14(31(40)41)12-16(13-15)33-28(37)20-6-2-4-18-24(35(44)45)10-8-22(26(18)20)30(33)39/h1-13H,(H,40,41). The Hall–Kier alpha value is -6.83. The van der Waals surface area contributed by atoms with E-state index in [4.69, 9.17) is 0 Å². The molecule has 7 rings (SSSR count). The van der Waals surface area contributed by atoms with Crippen molar-refractivity contribution in [1.82, 2.24) is 0 Å². The Labute approximate surface area is 249 Å². The number of carbonyl (C=O) groups excluding carboxylic acids is 4. The van der Waals surface area contributed by atoms with Gasteiger partial charge >= 0.3 is 5.97 Å². The minimum absolute atomic E-state index is 0.0552. The lowest BCUT2D eigenvalue weighted by molar-refractivity contribution is -0.383. The summed E-state index contributed by atoms with van der Waals surface area (Å²) in [6, 6.07) is 16.2. The first-order valence-electron chi connectivity index (χ1n) is 13.1. The lowest BCUT2D eigenvalue weighted by Gasteiger charge is -2.30. The van der Waals surface area contributed by atoms with Gasteiger partial charge in [0.2, 0.25) is 0 Å². The van der Waals surface area contributed by atoms with E-state index >= 15 is 0 Å². The Morgan fingerprint density at radius 2 is 0.956 bits per heavy atom. The first-order chi connectivity index (χ1) is 21.5. The molecule has 2 aliphatic heterocycles. The fraction of sp³-hybridized carbons (Fsp3) is 0. The summed E-state index contributed by atoms with van der Waals surface area (Å²) < 4.78 is 0. The summed E-state index contributed by atoms with van der Waals surface area (Å²) in [5.74, 6) is -5.14. The molecule has 2 heterocycles. The van der Waals surface area contributed by atoms with Crippen LogP contribution in [-0.4, -0.2) is 44.6 Å². The fourth-order valence-electron chi connectivity index (χ4n) is 5.93. The molecule has 4 amide bonds. The number of aromatic carboxylic acids is 1. The highest BCUT2D eigenvalue weighted by Crippen LogP contribution is 2.40. The van der Waals surface area contributed by atoms with Gasteiger partial charge in [0.15, 0.2) is 0 Å². The largest absolute Gasteiger partial charge is 0.478 e. The van der Waals surface area contributed by atoms with Gasteiger partial charge in [-0.2, -0.15) is 0 Å². The number of hydrogen-bond donors (Lipinski definition) is 1. The number of carbonyl (C=O) groups is 5. The van der Waals surface area contributed by atoms with Gasteiger partial charge in [-0.3, -0.25) is 39.4 Å². The fourth-order valence-corrected chi connectivity index (χ4v) is 5.93. The number of nitro benzene ring substituents is 2. The van der Waals surface area contributed by atoms with Crippen molar-refractivity contribution in [3.05, 3.63) is 127 Å². The van der Waals surface area contributed by atoms with E-state index in [1.54, 1.807) is 0 Å². The Morgan fingerprint density at radius 3 is 1.31 bits per heavy atom. The molecule has 45 heavy (non-hydrogen) atoms. The number of benzene rings is 5. The number of nitro groups is 2. The Bertz CT molecular complexity index is 2120. The quantitative estimate of drug-likeness (QED) is 0.160. The molecule has 5 aromatic rings. The van der Waals surface area contributed by atoms with Crippen LogP contribution in [0.1, 0.15) is 51.8 Å². The summed E-state index contributed by atoms with van der Waals surface area (Å²) in [7, 11) is 0. The first kappa shape index (κ1) is 27.0. The number of carboxylic acid groups (broad SMARTS) is 1. The zero-order valence-corrected chi connectivity index (χ0v) is 22.4. The Morgan fingerprint density at radius 1 is 0.578 bits per heavy atom. The van der Waals surface area contributed by atoms with Gasteiger partial charge in [-0.15, -0.1) is 0 Å². The highest BCUT2D eigenvalue weighted by molar-refractivity contribution is 6.38. The van der Waals surface area contributed by atoms with Crippen LogP contribution in [0.15, 0.2) is 78.9 Å². The van der Waals surface area contributed by atoms with Gasteiger partial charge in [0, 0.05) is 45.2 Å². The van der Waals surface area contributed by atoms with E-state index in [2.05, 4.69) is 0 Å². The van der Waals surface area contributed by atoms with Crippen molar-refractivity contribution in [2.75, 3.05) is 9.80 Å². The van der Waals surface area contributed by atoms with Crippen LogP contribution in [0.5, 0.6) is 0 Å². The minimum Gasteiger partial charge on any atom is -0.478 e. The van der Waals surface area contributed by atoms with Crippen molar-refractivity contribution < 1.29 is 38.9 Å². The van der Waals surface area contributed by atoms with Crippen LogP contribution in [0.3, 0.4) is 0 Å². The zero-order valence-electron chi connectivity index (χ0n) is 22.4. The molecule has 0 saturated heterocycles. The molecule has 0 fully saturated rings. The third kappa shape index (κ3) is 3.72. The van der Waals surface area contributed by atoms with Gasteiger partial charge < -0.3 is 5.11 Å². The van der Waals surface area contributed by atoms with Crippen molar-refractivity contribution in [1.29, 1.82) is 0 Å². The molecule has 1 N–H and O–H groups in total. The van der Waals surface area contributed by atoms with E-state index in [0.29, 0.717) is 9.80 Å². The molecule has 0 bridgehead atoms. The average molecular weight is 602 g/mol. The maximum atomic E-state index is 13.8. The minimum atomic E-state index is -1.50. The molecule has 0 aromatic heterocycles. The van der Waals surface area contributed by atoms with Gasteiger partial charge in [-0.1, -0.05) is 12.1 Å². The van der Waals surface area contributed by atoms with Crippen LogP contribution in [0.4, 0.5) is 22.7 Å². The third-order valence-corrected chi connectivity index (χ3v) is 7.83. The number of rotatable bonds is 5. The second-order valence-electron chi connectivity index (χ2n) is 10.2. The van der Waals surface area contributed by atoms with Crippen molar-refractivity contribution in [2.24, 2.45) is 0 Å². The SMILES string of the molecule is O=C(O)c1cc(N2C(=O)c3cccc4c([N+](=O)[O-])ccc(c34)C2=O)cc(N2C(=O)c3cccc4c([N+](=O)[O-])ccc(c34)C2=O)c1. The number of carboxylic acids is 1. The number of hydrogen-bond acceptors (Lipinski definition) is 9. The van der Waals surface area contributed by atoms with Crippen molar-refractivity contribution in [2.45, 2.75) is 0 Å². The summed E-state index contributed by atoms with van der Waals surface area (Å²) >= 11 is 0. The summed E-state index contributed by atoms with van der Waals surface area (Å²) in [6.45, 7) is 0. The van der Waals surface area contributed by atoms with Crippen molar-refractivity contribution in [3.63, 3.8) is 0 Å². The molecular formula is C31H14N4O10. The van der Waals surface area contributed by atoms with E-state index in [1.807, 2.05) is 0 Å². The Kier molecular flexibility index (Phi) is 5.61. The van der Waals surface area contributed by atoms with E-state index in [9.17, 15) is 49.3 Å². The predicted molar refractivity (Wildman–Crippen MR) is 157 cm³/mol. The van der Waals surface area contributed by atoms with E-state index in [1.165, 1.54) is 48.5 Å². The predicted octanol–water partition coefficient (Wildman–Crippen LogP) is 5.11. The third-order valence-electron chi connectivity index (χ3n) is 7.83. The molecular weight excluding hydrogens is 588 g/mol. The summed E-state index contributed by atoms with van der Waals surface area (Å²) in [6.07, 6.45) is 0. The molecule has 0 aliphatic carbocycles. The molecule has 14 nitrogen and oxygen atoms in total. The Balaban J connectivity index is 1.40. The topological polar surface area (TPSA) is 198 Å². The van der Waals surface area contributed by atoms with Gasteiger partial charge in [-0.25, -0.2) is 14.6 Å². The number of imide groups is 2. The highest BCUT2D eigenvalue weighted by Gasteiger charge is 2.39. The summed E-state index contributed by atoms with van der Waals surface area (Å²) in [4.78, 5) is 90.5. The number of non-ortho nitro benzene ring substituents is 2. The van der Waals surface area contributed by atoms with Crippen LogP contribution < -0.4 is 9.80 Å². The molecule has 0 spiro atoms. The normalized spacial score (nSPS) is 14.0. The molecule has 14 heteroatoms. The number of amides is 4. The molecule has 0 saturated carbocycles. The van der Waals surface area contributed by atoms with Gasteiger partial charge in [-0.05, 0) is 54.6 Å². The molecule has 5 aromatic carbocycles. The second kappa shape index (κ2) is 9.34. The van der Waals surface area contributed by atoms with E-state index < -0.39 is 45.0 Å². The maximum absolute atomic E-state index is 13.8. The molecule has 0 atom stereocenters. The molecule has 0 radical (unpaired) electrons. The van der Waals surface area contributed by atoms with Crippen molar-refractivity contribution in [3.8, 4) is 0 Å². The van der Waals surface area contributed by atoms with Gasteiger partial charge in [0.05, 0.1) is 37.6 Å². The monoisotopic (exact) mass is 602 g/mol. The van der Waals surface area contributed by atoms with Crippen LogP contribution in [0, 0.1) is 20.2 Å². The maximum Gasteiger partial charge on any atom is 0.335 e. The second-order valence-corrected chi connectivity index (χ2v) is 10.2. The first-order valence-corrected chi connectivity index (χ1v) is 13.1. The van der Waals surface area contributed by atoms with Crippen LogP contribution in [0.25, 0.3) is 21.5 Å². The van der Waals surface area contributed by atoms with E-state index in [0.717, 1.165) is 30.3 Å². The van der Waals surface area contributed by atoms with Crippen LogP contribution in [-0.2, 0) is 0 Å². The molecule has 0 unspecified atom stereocenters. The summed E-state index contributed by atoms with van der Waals surface area (Å²) in [5.41, 5.74) is -1.89. The molecule has 218 valence electrons. The van der Waals surface area contributed by atoms with Gasteiger partial charge in [0.25, 0.3) is 35.0 Å². The van der Waals surface area contributed by atoms with E-state index in [-0.39, 0.29) is 66.5 Å². The van der Waals surface area contributed by atoms with Gasteiger partial charge in [0.1, 0.15) is 0 Å². The zero-order chi connectivity index (χ0) is 31.9. The van der Waals surface area contributed by atoms with Crippen molar-refractivity contribution >= 4 is 73.9 Å². The number of anilines is 2. The smallest absolute Gasteiger partial charge is 0.335 e. The average Bonchev–Trinajstić information content (AvgIpc) is 3.01. The molecule has 2 aliphatic rings. The lowest BCUT2D eigenvalue weighted by atomic mass is 9.92. The summed E-state index contributed by atoms with van der Waals surface area (Å²) in [5, 5.41) is 33.4. The lowest BCUT2D eigenvalue weighted by Crippen LogP contribution is -2.42.